The van der Waals surface area contributed by atoms with Crippen LogP contribution in [0.2, 0.25) is 0 Å². The zero-order chi connectivity index (χ0) is 3.41. The predicted molar refractivity (Wildman–Crippen MR) is 22.9 cm³/mol. The van der Waals surface area contributed by atoms with Gasteiger partial charge in [0, 0.05) is 0 Å². The Morgan fingerprint density at radius 1 is 2.00 bits per heavy atom. The van der Waals surface area contributed by atoms with Gasteiger partial charge in [0.2, 0.25) is 0 Å². The second kappa shape index (κ2) is 4.02. The Kier molecular flexibility index (Phi) is 5.05. The van der Waals surface area contributed by atoms with Gasteiger partial charge in [-0.3, -0.25) is 0 Å². The summed E-state index contributed by atoms with van der Waals surface area (Å²) in [5.74, 6) is 0. The Hall–Kier alpha value is 1.02. The molecule has 0 saturated carbocycles. The fourth-order valence-corrected chi connectivity index (χ4v) is 0. The van der Waals surface area contributed by atoms with E-state index in [4.69, 9.17) is 6.42 Å². The molecular weight excluding hydrogens is 278 g/mol. The summed E-state index contributed by atoms with van der Waals surface area (Å²) in [4.78, 5) is 0. The normalized spacial score (nSPS) is 6.00. The van der Waals surface area contributed by atoms with Gasteiger partial charge in [0.1, 0.15) is 0 Å². The quantitative estimate of drug-likeness (QED) is 0.356. The first-order valence-corrected chi connectivity index (χ1v) is 7.98. The summed E-state index contributed by atoms with van der Waals surface area (Å²) < 4.78 is 2.53. The first-order chi connectivity index (χ1) is 1.91. The first kappa shape index (κ1) is 5.02. The molecule has 0 unspecified atom stereocenters. The molecular formula is C2HI2-. The average molecular weight is 279 g/mol. The van der Waals surface area contributed by atoms with Gasteiger partial charge in [-0.2, -0.15) is 0 Å². The van der Waals surface area contributed by atoms with Crippen molar-refractivity contribution in [2.24, 2.45) is 0 Å². The van der Waals surface area contributed by atoms with Gasteiger partial charge < -0.3 is 0 Å². The third-order valence-electron chi connectivity index (χ3n) is 0.0412. The average Bonchev–Trinajstić information content (AvgIpc) is 1.37. The van der Waals surface area contributed by atoms with Gasteiger partial charge in [0.15, 0.2) is 0 Å². The van der Waals surface area contributed by atoms with Crippen LogP contribution in [0, 0.1) is 10.4 Å². The molecule has 0 aliphatic carbocycles. The van der Waals surface area contributed by atoms with Gasteiger partial charge in [0.05, 0.1) is 0 Å². The Balaban J connectivity index is 2.43. The molecule has 2 heteroatoms. The molecule has 0 radical (unpaired) electrons. The molecule has 0 fully saturated rings. The molecule has 0 bridgehead atoms. The molecule has 0 amide bonds. The molecule has 24 valence electrons. The molecule has 0 atom stereocenters. The van der Waals surface area contributed by atoms with Gasteiger partial charge in [-0.25, -0.2) is 0 Å². The summed E-state index contributed by atoms with van der Waals surface area (Å²) in [6, 6.07) is 0. The molecule has 0 aromatic heterocycles. The monoisotopic (exact) mass is 279 g/mol. The van der Waals surface area contributed by atoms with Crippen molar-refractivity contribution in [1.82, 2.24) is 0 Å². The maximum absolute atomic E-state index is 4.82. The van der Waals surface area contributed by atoms with E-state index >= 15 is 0 Å². The van der Waals surface area contributed by atoms with Crippen LogP contribution in [-0.2, 0) is 0 Å². The van der Waals surface area contributed by atoms with Crippen LogP contribution in [0.15, 0.2) is 0 Å². The van der Waals surface area contributed by atoms with Crippen LogP contribution in [0.25, 0.3) is 0 Å². The molecule has 0 aromatic carbocycles. The van der Waals surface area contributed by atoms with Crippen molar-refractivity contribution >= 4 is 18.6 Å². The number of rotatable bonds is 0. The molecule has 0 N–H and O–H groups in total. The molecule has 0 spiro atoms. The second-order valence-corrected chi connectivity index (χ2v) is 3.95. The van der Waals surface area contributed by atoms with E-state index in [1.807, 2.05) is 0 Å². The van der Waals surface area contributed by atoms with Crippen LogP contribution in [0.4, 0.5) is 0 Å². The molecule has 4 heavy (non-hydrogen) atoms. The van der Waals surface area contributed by atoms with Crippen LogP contribution in [0.1, 0.15) is 0 Å². The SMILES string of the molecule is C#C[I-]I. The van der Waals surface area contributed by atoms with E-state index < -0.39 is 0 Å². The number of terminal acetylenes is 1. The Morgan fingerprint density at radius 2 is 2.25 bits per heavy atom. The van der Waals surface area contributed by atoms with Crippen molar-refractivity contribution in [3.05, 3.63) is 0 Å². The summed E-state index contributed by atoms with van der Waals surface area (Å²) in [6.45, 7) is 0. The second-order valence-electron chi connectivity index (χ2n) is 0.181. The van der Waals surface area contributed by atoms with E-state index in [1.54, 1.807) is 0 Å². The van der Waals surface area contributed by atoms with Gasteiger partial charge in [0.25, 0.3) is 0 Å². The van der Waals surface area contributed by atoms with E-state index in [9.17, 15) is 0 Å². The topological polar surface area (TPSA) is 0 Å². The van der Waals surface area contributed by atoms with E-state index in [1.165, 1.54) is 0 Å². The summed E-state index contributed by atoms with van der Waals surface area (Å²) in [6.07, 6.45) is 4.82. The van der Waals surface area contributed by atoms with Crippen LogP contribution < -0.4 is 17.2 Å². The molecule has 0 nitrogen and oxygen atoms in total. The third kappa shape index (κ3) is 3.02. The van der Waals surface area contributed by atoms with E-state index in [0.29, 0.717) is 0 Å². The first-order valence-electron chi connectivity index (χ1n) is 0.621. The van der Waals surface area contributed by atoms with Crippen LogP contribution >= 0.6 is 18.6 Å². The van der Waals surface area contributed by atoms with Gasteiger partial charge in [-0.1, -0.05) is 0 Å². The van der Waals surface area contributed by atoms with E-state index in [-0.39, 0.29) is 17.2 Å². The fourth-order valence-electron chi connectivity index (χ4n) is 0. The number of hydrogen-bond acceptors (Lipinski definition) is 0. The predicted octanol–water partition coefficient (Wildman–Crippen LogP) is -1.98. The summed E-state index contributed by atoms with van der Waals surface area (Å²) in [5, 5.41) is 0. The van der Waals surface area contributed by atoms with Crippen molar-refractivity contribution < 1.29 is 17.2 Å². The molecule has 0 aromatic rings. The molecule has 0 aliphatic rings. The van der Waals surface area contributed by atoms with Crippen LogP contribution in [0.5, 0.6) is 0 Å². The standard InChI is InChI=1S/C2HI2/c1-2-4-3/h1H/q-1. The van der Waals surface area contributed by atoms with Gasteiger partial charge in [-0.15, -0.1) is 0 Å². The molecule has 0 saturated heterocycles. The Bertz CT molecular complexity index is 33.8. The van der Waals surface area contributed by atoms with Crippen molar-refractivity contribution in [1.29, 1.82) is 0 Å². The third-order valence-corrected chi connectivity index (χ3v) is 1.86. The van der Waals surface area contributed by atoms with Gasteiger partial charge in [-0.05, 0) is 0 Å². The number of hydrogen-bond donors (Lipinski definition) is 0. The Labute approximate surface area is 45.8 Å². The van der Waals surface area contributed by atoms with Crippen molar-refractivity contribution in [3.8, 4) is 10.4 Å². The molecule has 0 heterocycles. The number of halogens is 2. The molecule has 0 rings (SSSR count). The van der Waals surface area contributed by atoms with Crippen LogP contribution in [0.3, 0.4) is 0 Å². The minimum absolute atomic E-state index is 0.108. The summed E-state index contributed by atoms with van der Waals surface area (Å²) in [7, 11) is 0. The maximum atomic E-state index is 4.82. The summed E-state index contributed by atoms with van der Waals surface area (Å²) >= 11 is 2.33. The summed E-state index contributed by atoms with van der Waals surface area (Å²) in [5.41, 5.74) is 0. The van der Waals surface area contributed by atoms with Crippen molar-refractivity contribution in [3.63, 3.8) is 0 Å². The zero-order valence-corrected chi connectivity index (χ0v) is 6.15. The molecule has 0 aliphatic heterocycles. The van der Waals surface area contributed by atoms with Crippen molar-refractivity contribution in [2.45, 2.75) is 0 Å². The van der Waals surface area contributed by atoms with E-state index in [2.05, 4.69) is 22.5 Å². The minimum atomic E-state index is 0.108. The fraction of sp³-hybridized carbons (Fsp3) is 0. The van der Waals surface area contributed by atoms with Crippen LogP contribution in [-0.4, -0.2) is 0 Å². The Morgan fingerprint density at radius 3 is 2.25 bits per heavy atom. The van der Waals surface area contributed by atoms with Gasteiger partial charge >= 0.3 is 46.2 Å². The zero-order valence-electron chi connectivity index (χ0n) is 1.83. The van der Waals surface area contributed by atoms with Crippen molar-refractivity contribution in [2.75, 3.05) is 0 Å². The van der Waals surface area contributed by atoms with E-state index in [0.717, 1.165) is 0 Å².